The van der Waals surface area contributed by atoms with Gasteiger partial charge in [0.15, 0.2) is 0 Å². The smallest absolute Gasteiger partial charge is 0.239 e. The average molecular weight is 251 g/mol. The minimum atomic E-state index is -0.127. The van der Waals surface area contributed by atoms with Crippen LogP contribution in [0.2, 0.25) is 0 Å². The number of nitrogens with one attached hydrogen (secondary N) is 1. The van der Waals surface area contributed by atoms with E-state index in [-0.39, 0.29) is 18.4 Å². The highest BCUT2D eigenvalue weighted by Crippen LogP contribution is 2.13. The molecule has 0 bridgehead atoms. The number of rotatable bonds is 4. The number of aromatic nitrogens is 1. The number of hydrogen-bond donors (Lipinski definition) is 1. The average Bonchev–Trinajstić information content (AvgIpc) is 2.74. The minimum absolute atomic E-state index is 0.0362. The lowest BCUT2D eigenvalue weighted by atomic mass is 10.3. The van der Waals surface area contributed by atoms with Crippen LogP contribution in [0.4, 0.5) is 0 Å². The lowest BCUT2D eigenvalue weighted by Crippen LogP contribution is -2.37. The van der Waals surface area contributed by atoms with Gasteiger partial charge in [-0.25, -0.2) is 0 Å². The van der Waals surface area contributed by atoms with Gasteiger partial charge in [0.2, 0.25) is 11.8 Å². The first kappa shape index (κ1) is 11.9. The van der Waals surface area contributed by atoms with E-state index in [9.17, 15) is 9.59 Å². The molecular formula is C11H13N3O2S. The van der Waals surface area contributed by atoms with Crippen molar-refractivity contribution in [3.05, 3.63) is 30.1 Å². The molecule has 1 aliphatic heterocycles. The van der Waals surface area contributed by atoms with Crippen molar-refractivity contribution in [3.8, 4) is 0 Å². The van der Waals surface area contributed by atoms with Crippen molar-refractivity contribution in [3.63, 3.8) is 0 Å². The van der Waals surface area contributed by atoms with E-state index in [4.69, 9.17) is 0 Å². The molecule has 1 aromatic rings. The molecule has 0 aliphatic carbocycles. The highest BCUT2D eigenvalue weighted by atomic mass is 32.2. The van der Waals surface area contributed by atoms with E-state index < -0.39 is 0 Å². The van der Waals surface area contributed by atoms with Gasteiger partial charge in [0.1, 0.15) is 6.54 Å². The summed E-state index contributed by atoms with van der Waals surface area (Å²) in [4.78, 5) is 28.3. The van der Waals surface area contributed by atoms with Gasteiger partial charge in [-0.05, 0) is 17.7 Å². The van der Waals surface area contributed by atoms with Crippen LogP contribution in [-0.2, 0) is 16.1 Å². The molecule has 1 aliphatic rings. The fraction of sp³-hybridized carbons (Fsp3) is 0.364. The molecule has 17 heavy (non-hydrogen) atoms. The van der Waals surface area contributed by atoms with Crippen LogP contribution in [0.25, 0.3) is 0 Å². The predicted octanol–water partition coefficient (Wildman–Crippen LogP) is 0.231. The molecule has 0 unspecified atom stereocenters. The first-order valence-electron chi connectivity index (χ1n) is 5.27. The third-order valence-electron chi connectivity index (χ3n) is 2.40. The number of carbonyl (C=O) groups is 2. The molecule has 2 heterocycles. The number of nitrogens with zero attached hydrogens (tertiary/aromatic N) is 2. The summed E-state index contributed by atoms with van der Waals surface area (Å²) >= 11 is 1.53. The van der Waals surface area contributed by atoms with E-state index in [1.165, 1.54) is 11.8 Å². The van der Waals surface area contributed by atoms with E-state index in [2.05, 4.69) is 10.3 Å². The van der Waals surface area contributed by atoms with Gasteiger partial charge in [-0.1, -0.05) is 0 Å². The summed E-state index contributed by atoms with van der Waals surface area (Å²) in [5.41, 5.74) is 0.996. The molecule has 1 fully saturated rings. The Kier molecular flexibility index (Phi) is 3.98. The summed E-state index contributed by atoms with van der Waals surface area (Å²) in [6.45, 7) is 0.618. The summed E-state index contributed by atoms with van der Waals surface area (Å²) in [5, 5.41) is 2.78. The highest BCUT2D eigenvalue weighted by molar-refractivity contribution is 8.00. The van der Waals surface area contributed by atoms with Crippen molar-refractivity contribution in [2.75, 3.05) is 18.2 Å². The number of thioether (sulfide) groups is 1. The highest BCUT2D eigenvalue weighted by Gasteiger charge is 2.22. The lowest BCUT2D eigenvalue weighted by molar-refractivity contribution is -0.132. The molecule has 6 heteroatoms. The summed E-state index contributed by atoms with van der Waals surface area (Å²) < 4.78 is 0. The van der Waals surface area contributed by atoms with Crippen LogP contribution in [-0.4, -0.2) is 39.9 Å². The van der Waals surface area contributed by atoms with Crippen LogP contribution in [0, 0.1) is 0 Å². The van der Waals surface area contributed by atoms with Crippen LogP contribution in [0.5, 0.6) is 0 Å². The van der Waals surface area contributed by atoms with Gasteiger partial charge < -0.3 is 10.2 Å². The van der Waals surface area contributed by atoms with Crippen molar-refractivity contribution in [2.24, 2.45) is 0 Å². The molecule has 0 atom stereocenters. The Labute approximate surface area is 104 Å². The largest absolute Gasteiger partial charge is 0.350 e. The maximum atomic E-state index is 11.6. The number of pyridine rings is 1. The molecule has 1 N–H and O–H groups in total. The quantitative estimate of drug-likeness (QED) is 0.832. The summed E-state index contributed by atoms with van der Waals surface area (Å²) in [6.07, 6.45) is 3.37. The topological polar surface area (TPSA) is 62.3 Å². The maximum Gasteiger partial charge on any atom is 0.239 e. The standard InChI is InChI=1S/C11H13N3O2S/c15-10(6-14-8-17-7-11(14)16)13-5-9-1-3-12-4-2-9/h1-4H,5-8H2,(H,13,15). The third kappa shape index (κ3) is 3.45. The third-order valence-corrected chi connectivity index (χ3v) is 3.34. The molecule has 2 rings (SSSR count). The molecule has 1 aromatic heterocycles. The second kappa shape index (κ2) is 5.67. The van der Waals surface area contributed by atoms with E-state index in [1.54, 1.807) is 17.3 Å². The molecule has 1 saturated heterocycles. The molecule has 0 spiro atoms. The Morgan fingerprint density at radius 1 is 1.47 bits per heavy atom. The van der Waals surface area contributed by atoms with Crippen molar-refractivity contribution < 1.29 is 9.59 Å². The second-order valence-corrected chi connectivity index (χ2v) is 4.66. The van der Waals surface area contributed by atoms with Crippen LogP contribution in [0.1, 0.15) is 5.56 Å². The zero-order chi connectivity index (χ0) is 12.1. The first-order chi connectivity index (χ1) is 8.25. The Morgan fingerprint density at radius 2 is 2.24 bits per heavy atom. The molecule has 0 aromatic carbocycles. The zero-order valence-corrected chi connectivity index (χ0v) is 10.1. The van der Waals surface area contributed by atoms with Gasteiger partial charge in [0.25, 0.3) is 0 Å². The molecular weight excluding hydrogens is 238 g/mol. The van der Waals surface area contributed by atoms with Gasteiger partial charge in [-0.3, -0.25) is 14.6 Å². The van der Waals surface area contributed by atoms with Crippen LogP contribution in [0.3, 0.4) is 0 Å². The van der Waals surface area contributed by atoms with E-state index in [0.29, 0.717) is 18.2 Å². The number of hydrogen-bond acceptors (Lipinski definition) is 4. The number of amides is 2. The second-order valence-electron chi connectivity index (χ2n) is 3.70. The molecule has 0 saturated carbocycles. The van der Waals surface area contributed by atoms with Gasteiger partial charge in [-0.2, -0.15) is 0 Å². The molecule has 90 valence electrons. The Balaban J connectivity index is 1.76. The fourth-order valence-electron chi connectivity index (χ4n) is 1.47. The maximum absolute atomic E-state index is 11.6. The van der Waals surface area contributed by atoms with Gasteiger partial charge in [0, 0.05) is 18.9 Å². The van der Waals surface area contributed by atoms with E-state index in [0.717, 1.165) is 5.56 Å². The molecule has 0 radical (unpaired) electrons. The monoisotopic (exact) mass is 251 g/mol. The van der Waals surface area contributed by atoms with Crippen molar-refractivity contribution in [1.82, 2.24) is 15.2 Å². The van der Waals surface area contributed by atoms with E-state index >= 15 is 0 Å². The summed E-state index contributed by atoms with van der Waals surface area (Å²) in [6, 6.07) is 3.69. The van der Waals surface area contributed by atoms with Crippen LogP contribution < -0.4 is 5.32 Å². The first-order valence-corrected chi connectivity index (χ1v) is 6.42. The Morgan fingerprint density at radius 3 is 2.88 bits per heavy atom. The minimum Gasteiger partial charge on any atom is -0.350 e. The van der Waals surface area contributed by atoms with Gasteiger partial charge in [0.05, 0.1) is 11.6 Å². The summed E-state index contributed by atoms with van der Waals surface area (Å²) in [5.74, 6) is 1.01. The van der Waals surface area contributed by atoms with Crippen molar-refractivity contribution in [1.29, 1.82) is 0 Å². The number of carbonyl (C=O) groups excluding carboxylic acids is 2. The van der Waals surface area contributed by atoms with Gasteiger partial charge in [-0.15, -0.1) is 11.8 Å². The zero-order valence-electron chi connectivity index (χ0n) is 9.26. The Hall–Kier alpha value is -1.56. The predicted molar refractivity (Wildman–Crippen MR) is 65.1 cm³/mol. The molecule has 5 nitrogen and oxygen atoms in total. The van der Waals surface area contributed by atoms with Crippen LogP contribution >= 0.6 is 11.8 Å². The molecule has 2 amide bonds. The van der Waals surface area contributed by atoms with E-state index in [1.807, 2.05) is 12.1 Å². The van der Waals surface area contributed by atoms with Gasteiger partial charge >= 0.3 is 0 Å². The van der Waals surface area contributed by atoms with Crippen molar-refractivity contribution in [2.45, 2.75) is 6.54 Å². The normalized spacial score (nSPS) is 15.1. The lowest BCUT2D eigenvalue weighted by Gasteiger charge is -2.14. The summed E-state index contributed by atoms with van der Waals surface area (Å²) in [7, 11) is 0. The van der Waals surface area contributed by atoms with Crippen LogP contribution in [0.15, 0.2) is 24.5 Å². The Bertz CT molecular complexity index is 410. The fourth-order valence-corrected chi connectivity index (χ4v) is 2.37. The van der Waals surface area contributed by atoms with Crippen molar-refractivity contribution >= 4 is 23.6 Å². The SMILES string of the molecule is O=C(CN1CSCC1=O)NCc1ccncc1.